The van der Waals surface area contributed by atoms with E-state index in [0.717, 1.165) is 29.1 Å². The van der Waals surface area contributed by atoms with E-state index in [2.05, 4.69) is 34.5 Å². The van der Waals surface area contributed by atoms with Crippen LogP contribution in [-0.4, -0.2) is 39.5 Å². The molecule has 0 aliphatic heterocycles. The SMILES string of the molecule is CCc1c(C)nn(CCNC(=O)c2cc(-c3cccc(OC)c3)n[nH]2)c1C. The number of aryl methyl sites for hydroxylation is 1. The molecule has 0 saturated carbocycles. The lowest BCUT2D eigenvalue weighted by Gasteiger charge is -2.06. The van der Waals surface area contributed by atoms with Crippen molar-refractivity contribution in [3.8, 4) is 17.0 Å². The van der Waals surface area contributed by atoms with Gasteiger partial charge in [0.1, 0.15) is 11.4 Å². The first-order valence-electron chi connectivity index (χ1n) is 9.04. The average molecular weight is 367 g/mol. The van der Waals surface area contributed by atoms with Crippen LogP contribution < -0.4 is 10.1 Å². The highest BCUT2D eigenvalue weighted by Crippen LogP contribution is 2.22. The van der Waals surface area contributed by atoms with E-state index >= 15 is 0 Å². The van der Waals surface area contributed by atoms with Crippen molar-refractivity contribution in [1.82, 2.24) is 25.3 Å². The van der Waals surface area contributed by atoms with Crippen LogP contribution in [0.15, 0.2) is 30.3 Å². The van der Waals surface area contributed by atoms with Crippen molar-refractivity contribution in [2.24, 2.45) is 0 Å². The topological polar surface area (TPSA) is 84.8 Å². The van der Waals surface area contributed by atoms with Gasteiger partial charge in [0.05, 0.1) is 25.0 Å². The molecule has 0 aliphatic carbocycles. The predicted octanol–water partition coefficient (Wildman–Crippen LogP) is 2.89. The Morgan fingerprint density at radius 3 is 2.81 bits per heavy atom. The summed E-state index contributed by atoms with van der Waals surface area (Å²) in [6.07, 6.45) is 0.964. The lowest BCUT2D eigenvalue weighted by atomic mass is 10.1. The van der Waals surface area contributed by atoms with Gasteiger partial charge < -0.3 is 10.1 Å². The molecule has 2 heterocycles. The standard InChI is InChI=1S/C20H25N5O2/c1-5-17-13(2)24-25(14(17)3)10-9-21-20(26)19-12-18(22-23-19)15-7-6-8-16(11-15)27-4/h6-8,11-12H,5,9-10H2,1-4H3,(H,21,26)(H,22,23). The molecule has 1 aromatic carbocycles. The number of methoxy groups -OCH3 is 1. The molecule has 142 valence electrons. The fourth-order valence-electron chi connectivity index (χ4n) is 3.20. The molecule has 0 saturated heterocycles. The molecular formula is C20H25N5O2. The van der Waals surface area contributed by atoms with E-state index in [1.165, 1.54) is 5.56 Å². The average Bonchev–Trinajstić information content (AvgIpc) is 3.27. The quantitative estimate of drug-likeness (QED) is 0.672. The Labute approximate surface area is 158 Å². The minimum Gasteiger partial charge on any atom is -0.497 e. The number of rotatable bonds is 7. The van der Waals surface area contributed by atoms with Gasteiger partial charge in [-0.1, -0.05) is 19.1 Å². The van der Waals surface area contributed by atoms with Gasteiger partial charge >= 0.3 is 0 Å². The minimum absolute atomic E-state index is 0.186. The van der Waals surface area contributed by atoms with Gasteiger partial charge in [-0.25, -0.2) is 0 Å². The lowest BCUT2D eigenvalue weighted by molar-refractivity contribution is 0.0947. The zero-order valence-electron chi connectivity index (χ0n) is 16.2. The molecule has 0 spiro atoms. The van der Waals surface area contributed by atoms with E-state index in [1.807, 2.05) is 35.9 Å². The van der Waals surface area contributed by atoms with Crippen LogP contribution in [0.3, 0.4) is 0 Å². The van der Waals surface area contributed by atoms with Crippen molar-refractivity contribution in [2.45, 2.75) is 33.7 Å². The number of carbonyl (C=O) groups is 1. The van der Waals surface area contributed by atoms with E-state index in [-0.39, 0.29) is 5.91 Å². The summed E-state index contributed by atoms with van der Waals surface area (Å²) in [4.78, 5) is 12.4. The number of H-pyrrole nitrogens is 1. The maximum Gasteiger partial charge on any atom is 0.269 e. The Hall–Kier alpha value is -3.09. The molecule has 2 aromatic heterocycles. The molecule has 0 unspecified atom stereocenters. The van der Waals surface area contributed by atoms with Crippen molar-refractivity contribution < 1.29 is 9.53 Å². The molecule has 1 amide bonds. The summed E-state index contributed by atoms with van der Waals surface area (Å²) in [7, 11) is 1.62. The molecule has 0 bridgehead atoms. The van der Waals surface area contributed by atoms with Gasteiger partial charge in [0.15, 0.2) is 0 Å². The normalized spacial score (nSPS) is 10.8. The van der Waals surface area contributed by atoms with Crippen molar-refractivity contribution in [3.05, 3.63) is 53.0 Å². The zero-order chi connectivity index (χ0) is 19.4. The zero-order valence-corrected chi connectivity index (χ0v) is 16.2. The first-order valence-corrected chi connectivity index (χ1v) is 9.04. The summed E-state index contributed by atoms with van der Waals surface area (Å²) in [5.41, 5.74) is 5.50. The number of aromatic nitrogens is 4. The number of aromatic amines is 1. The van der Waals surface area contributed by atoms with Gasteiger partial charge in [-0.3, -0.25) is 14.6 Å². The van der Waals surface area contributed by atoms with Crippen molar-refractivity contribution in [1.29, 1.82) is 0 Å². The van der Waals surface area contributed by atoms with Crippen molar-refractivity contribution in [2.75, 3.05) is 13.7 Å². The third-order valence-electron chi connectivity index (χ3n) is 4.68. The van der Waals surface area contributed by atoms with Crippen LogP contribution in [0.25, 0.3) is 11.3 Å². The summed E-state index contributed by atoms with van der Waals surface area (Å²) in [5, 5.41) is 14.5. The molecule has 3 aromatic rings. The molecule has 0 fully saturated rings. The van der Waals surface area contributed by atoms with Crippen LogP contribution >= 0.6 is 0 Å². The van der Waals surface area contributed by atoms with Crippen LogP contribution in [0.4, 0.5) is 0 Å². The third-order valence-corrected chi connectivity index (χ3v) is 4.68. The molecule has 0 atom stereocenters. The van der Waals surface area contributed by atoms with Crippen LogP contribution in [0.1, 0.15) is 34.4 Å². The molecule has 7 nitrogen and oxygen atoms in total. The molecule has 3 rings (SSSR count). The van der Waals surface area contributed by atoms with Gasteiger partial charge in [0.2, 0.25) is 0 Å². The van der Waals surface area contributed by atoms with Crippen molar-refractivity contribution in [3.63, 3.8) is 0 Å². The highest BCUT2D eigenvalue weighted by Gasteiger charge is 2.13. The highest BCUT2D eigenvalue weighted by molar-refractivity contribution is 5.93. The van der Waals surface area contributed by atoms with E-state index < -0.39 is 0 Å². The highest BCUT2D eigenvalue weighted by atomic mass is 16.5. The number of amides is 1. The molecule has 0 radical (unpaired) electrons. The minimum atomic E-state index is -0.186. The van der Waals surface area contributed by atoms with E-state index in [4.69, 9.17) is 4.74 Å². The van der Waals surface area contributed by atoms with E-state index in [1.54, 1.807) is 13.2 Å². The van der Waals surface area contributed by atoms with Gasteiger partial charge in [0.25, 0.3) is 5.91 Å². The number of hydrogen-bond acceptors (Lipinski definition) is 4. The second kappa shape index (κ2) is 8.07. The monoisotopic (exact) mass is 367 g/mol. The number of hydrogen-bond donors (Lipinski definition) is 2. The first kappa shape index (κ1) is 18.7. The summed E-state index contributed by atoms with van der Waals surface area (Å²) >= 11 is 0. The first-order chi connectivity index (χ1) is 13.0. The Kier molecular flexibility index (Phi) is 5.59. The lowest BCUT2D eigenvalue weighted by Crippen LogP contribution is -2.28. The maximum atomic E-state index is 12.4. The number of nitrogens with one attached hydrogen (secondary N) is 2. The Morgan fingerprint density at radius 1 is 1.30 bits per heavy atom. The number of benzene rings is 1. The maximum absolute atomic E-state index is 12.4. The Morgan fingerprint density at radius 2 is 2.11 bits per heavy atom. The second-order valence-corrected chi connectivity index (χ2v) is 6.38. The summed E-state index contributed by atoms with van der Waals surface area (Å²) in [5.74, 6) is 0.562. The van der Waals surface area contributed by atoms with Crippen LogP contribution in [-0.2, 0) is 13.0 Å². The largest absolute Gasteiger partial charge is 0.497 e. The van der Waals surface area contributed by atoms with Gasteiger partial charge in [-0.05, 0) is 44.0 Å². The van der Waals surface area contributed by atoms with Crippen LogP contribution in [0.5, 0.6) is 5.75 Å². The van der Waals surface area contributed by atoms with E-state index in [0.29, 0.717) is 24.5 Å². The summed E-state index contributed by atoms with van der Waals surface area (Å²) in [6, 6.07) is 9.30. The van der Waals surface area contributed by atoms with Gasteiger partial charge in [0, 0.05) is 17.8 Å². The van der Waals surface area contributed by atoms with Gasteiger partial charge in [-0.2, -0.15) is 10.2 Å². The Balaban J connectivity index is 1.61. The molecule has 0 aliphatic rings. The van der Waals surface area contributed by atoms with E-state index in [9.17, 15) is 4.79 Å². The number of nitrogens with zero attached hydrogens (tertiary/aromatic N) is 3. The summed E-state index contributed by atoms with van der Waals surface area (Å²) < 4.78 is 7.18. The molecule has 7 heteroatoms. The fourth-order valence-corrected chi connectivity index (χ4v) is 3.20. The third kappa shape index (κ3) is 4.02. The Bertz CT molecular complexity index is 942. The molecule has 2 N–H and O–H groups in total. The van der Waals surface area contributed by atoms with Gasteiger partial charge in [-0.15, -0.1) is 0 Å². The number of ether oxygens (including phenoxy) is 1. The fraction of sp³-hybridized carbons (Fsp3) is 0.350. The second-order valence-electron chi connectivity index (χ2n) is 6.38. The number of carbonyl (C=O) groups excluding carboxylic acids is 1. The molecule has 27 heavy (non-hydrogen) atoms. The van der Waals surface area contributed by atoms with Crippen LogP contribution in [0, 0.1) is 13.8 Å². The molecular weight excluding hydrogens is 342 g/mol. The summed E-state index contributed by atoms with van der Waals surface area (Å²) in [6.45, 7) is 7.34. The smallest absolute Gasteiger partial charge is 0.269 e. The van der Waals surface area contributed by atoms with Crippen LogP contribution in [0.2, 0.25) is 0 Å². The predicted molar refractivity (Wildman–Crippen MR) is 104 cm³/mol. The van der Waals surface area contributed by atoms with Crippen molar-refractivity contribution >= 4 is 5.91 Å².